The summed E-state index contributed by atoms with van der Waals surface area (Å²) < 4.78 is 5.69. The molecule has 33 heavy (non-hydrogen) atoms. The second kappa shape index (κ2) is 10.6. The van der Waals surface area contributed by atoms with Crippen LogP contribution in [0.25, 0.3) is 11.3 Å². The topological polar surface area (TPSA) is 93.2 Å². The molecule has 0 aliphatic rings. The fraction of sp³-hybridized carbons (Fsp3) is 0.130. The van der Waals surface area contributed by atoms with E-state index in [1.165, 1.54) is 29.6 Å². The molecule has 2 amide bonds. The van der Waals surface area contributed by atoms with Gasteiger partial charge in [0.25, 0.3) is 0 Å². The Bertz CT molecular complexity index is 1250. The van der Waals surface area contributed by atoms with Crippen molar-refractivity contribution in [2.45, 2.75) is 20.0 Å². The number of rotatable bonds is 8. The van der Waals surface area contributed by atoms with Crippen LogP contribution in [0.5, 0.6) is 5.75 Å². The maximum atomic E-state index is 12.4. The normalized spacial score (nSPS) is 10.6. The van der Waals surface area contributed by atoms with Gasteiger partial charge in [0.05, 0.1) is 17.8 Å². The summed E-state index contributed by atoms with van der Waals surface area (Å²) in [5, 5.41) is 11.2. The third-order valence-electron chi connectivity index (χ3n) is 4.37. The van der Waals surface area contributed by atoms with Crippen molar-refractivity contribution in [3.05, 3.63) is 75.0 Å². The minimum atomic E-state index is -0.188. The number of carbonyl (C=O) groups is 2. The molecule has 7 nitrogen and oxygen atoms in total. The number of benzene rings is 2. The monoisotopic (exact) mass is 498 g/mol. The number of anilines is 2. The van der Waals surface area contributed by atoms with Crippen molar-refractivity contribution in [3.63, 3.8) is 0 Å². The Morgan fingerprint density at radius 2 is 1.73 bits per heavy atom. The minimum Gasteiger partial charge on any atom is -0.486 e. The maximum absolute atomic E-state index is 12.4. The van der Waals surface area contributed by atoms with Gasteiger partial charge in [0.15, 0.2) is 5.13 Å². The number of carbonyl (C=O) groups excluding carboxylic acids is 2. The number of nitrogens with one attached hydrogen (secondary N) is 2. The highest BCUT2D eigenvalue weighted by molar-refractivity contribution is 7.14. The zero-order valence-corrected chi connectivity index (χ0v) is 19.9. The van der Waals surface area contributed by atoms with Crippen molar-refractivity contribution in [2.75, 3.05) is 10.6 Å². The van der Waals surface area contributed by atoms with Crippen LogP contribution in [0.3, 0.4) is 0 Å². The van der Waals surface area contributed by atoms with Crippen molar-refractivity contribution >= 4 is 56.9 Å². The number of halogens is 1. The third-order valence-corrected chi connectivity index (χ3v) is 6.25. The molecule has 0 radical (unpaired) electrons. The number of hydrogen-bond acceptors (Lipinski definition) is 7. The van der Waals surface area contributed by atoms with Crippen LogP contribution < -0.4 is 15.4 Å². The van der Waals surface area contributed by atoms with Crippen LogP contribution in [0.4, 0.5) is 10.8 Å². The zero-order valence-electron chi connectivity index (χ0n) is 17.5. The molecule has 168 valence electrons. The van der Waals surface area contributed by atoms with Crippen LogP contribution in [0.2, 0.25) is 5.02 Å². The molecule has 2 heterocycles. The van der Waals surface area contributed by atoms with E-state index in [-0.39, 0.29) is 18.2 Å². The first-order valence-electron chi connectivity index (χ1n) is 9.89. The van der Waals surface area contributed by atoms with E-state index < -0.39 is 0 Å². The number of ether oxygens (including phenoxy) is 1. The van der Waals surface area contributed by atoms with Crippen molar-refractivity contribution in [3.8, 4) is 17.0 Å². The Kier molecular flexibility index (Phi) is 7.33. The van der Waals surface area contributed by atoms with Gasteiger partial charge in [-0.2, -0.15) is 0 Å². The Morgan fingerprint density at radius 1 is 0.970 bits per heavy atom. The fourth-order valence-corrected chi connectivity index (χ4v) is 4.46. The summed E-state index contributed by atoms with van der Waals surface area (Å²) in [7, 11) is 0. The molecular formula is C23H19ClN4O3S2. The summed E-state index contributed by atoms with van der Waals surface area (Å²) in [6.45, 7) is 1.79. The van der Waals surface area contributed by atoms with Gasteiger partial charge < -0.3 is 15.4 Å². The first-order valence-corrected chi connectivity index (χ1v) is 12.0. The molecule has 0 spiro atoms. The first kappa shape index (κ1) is 22.9. The molecule has 0 aliphatic carbocycles. The van der Waals surface area contributed by atoms with Crippen molar-refractivity contribution < 1.29 is 14.3 Å². The van der Waals surface area contributed by atoms with Gasteiger partial charge in [-0.05, 0) is 36.4 Å². The molecule has 10 heteroatoms. The molecule has 0 aliphatic heterocycles. The minimum absolute atomic E-state index is 0.122. The van der Waals surface area contributed by atoms with Gasteiger partial charge in [-0.3, -0.25) is 9.59 Å². The zero-order chi connectivity index (χ0) is 23.2. The molecule has 0 atom stereocenters. The first-order chi connectivity index (χ1) is 15.9. The van der Waals surface area contributed by atoms with Gasteiger partial charge in [0.2, 0.25) is 11.8 Å². The fourth-order valence-electron chi connectivity index (χ4n) is 2.89. The smallest absolute Gasteiger partial charge is 0.232 e. The Morgan fingerprint density at radius 3 is 2.45 bits per heavy atom. The molecule has 0 unspecified atom stereocenters. The summed E-state index contributed by atoms with van der Waals surface area (Å²) >= 11 is 8.67. The van der Waals surface area contributed by atoms with Gasteiger partial charge in [-0.1, -0.05) is 23.7 Å². The molecule has 0 fully saturated rings. The lowest BCUT2D eigenvalue weighted by molar-refractivity contribution is -0.116. The van der Waals surface area contributed by atoms with Gasteiger partial charge in [-0.25, -0.2) is 9.97 Å². The average Bonchev–Trinajstić information content (AvgIpc) is 3.43. The van der Waals surface area contributed by atoms with Gasteiger partial charge in [-0.15, -0.1) is 22.7 Å². The van der Waals surface area contributed by atoms with E-state index in [0.29, 0.717) is 28.2 Å². The highest BCUT2D eigenvalue weighted by Crippen LogP contribution is 2.26. The SMILES string of the molecule is CC(=O)Nc1ccc(-c2csc(NC(=O)Cc3csc(COc4ccc(Cl)cc4)n3)n2)cc1. The number of nitrogens with zero attached hydrogens (tertiary/aromatic N) is 2. The summed E-state index contributed by atoms with van der Waals surface area (Å²) in [5.74, 6) is 0.397. The maximum Gasteiger partial charge on any atom is 0.232 e. The van der Waals surface area contributed by atoms with Gasteiger partial charge in [0, 0.05) is 34.0 Å². The second-order valence-electron chi connectivity index (χ2n) is 7.00. The highest BCUT2D eigenvalue weighted by atomic mass is 35.5. The molecule has 4 aromatic rings. The van der Waals surface area contributed by atoms with Gasteiger partial charge >= 0.3 is 0 Å². The van der Waals surface area contributed by atoms with Crippen LogP contribution in [-0.2, 0) is 22.6 Å². The molecule has 0 saturated heterocycles. The summed E-state index contributed by atoms with van der Waals surface area (Å²) in [6.07, 6.45) is 0.151. The van der Waals surface area contributed by atoms with Crippen LogP contribution >= 0.6 is 34.3 Å². The predicted octanol–water partition coefficient (Wildman–Crippen LogP) is 5.64. The van der Waals surface area contributed by atoms with Crippen molar-refractivity contribution in [1.29, 1.82) is 0 Å². The highest BCUT2D eigenvalue weighted by Gasteiger charge is 2.12. The molecule has 0 saturated carbocycles. The van der Waals surface area contributed by atoms with Crippen molar-refractivity contribution in [2.24, 2.45) is 0 Å². The van der Waals surface area contributed by atoms with Crippen LogP contribution in [0, 0.1) is 0 Å². The second-order valence-corrected chi connectivity index (χ2v) is 9.23. The number of thiazole rings is 2. The average molecular weight is 499 g/mol. The predicted molar refractivity (Wildman–Crippen MR) is 132 cm³/mol. The lowest BCUT2D eigenvalue weighted by Gasteiger charge is -2.03. The summed E-state index contributed by atoms with van der Waals surface area (Å²) in [6, 6.07) is 14.5. The largest absolute Gasteiger partial charge is 0.486 e. The van der Waals surface area contributed by atoms with E-state index in [9.17, 15) is 9.59 Å². The Balaban J connectivity index is 1.29. The lowest BCUT2D eigenvalue weighted by atomic mass is 10.1. The third kappa shape index (κ3) is 6.61. The van der Waals surface area contributed by atoms with E-state index in [0.717, 1.165) is 22.0 Å². The molecule has 4 rings (SSSR count). The summed E-state index contributed by atoms with van der Waals surface area (Å²) in [4.78, 5) is 32.5. The quantitative estimate of drug-likeness (QED) is 0.328. The van der Waals surface area contributed by atoms with Crippen molar-refractivity contribution in [1.82, 2.24) is 9.97 Å². The standard InChI is InChI=1S/C23H19ClN4O3S2/c1-14(29)25-17-6-2-15(3-7-17)20-13-33-23(27-20)28-21(30)10-18-12-32-22(26-18)11-31-19-8-4-16(24)5-9-19/h2-9,12-13H,10-11H2,1H3,(H,25,29)(H,27,28,30). The molecule has 2 N–H and O–H groups in total. The number of aromatic nitrogens is 2. The summed E-state index contributed by atoms with van der Waals surface area (Å²) in [5.41, 5.74) is 3.04. The molecule has 2 aromatic heterocycles. The Hall–Kier alpha value is -3.27. The number of amides is 2. The van der Waals surface area contributed by atoms with E-state index in [1.54, 1.807) is 24.3 Å². The van der Waals surface area contributed by atoms with Crippen LogP contribution in [-0.4, -0.2) is 21.8 Å². The number of hydrogen-bond donors (Lipinski definition) is 2. The van der Waals surface area contributed by atoms with Crippen LogP contribution in [0.15, 0.2) is 59.3 Å². The molecule has 0 bridgehead atoms. The lowest BCUT2D eigenvalue weighted by Crippen LogP contribution is -2.14. The molecular weight excluding hydrogens is 480 g/mol. The van der Waals surface area contributed by atoms with E-state index >= 15 is 0 Å². The van der Waals surface area contributed by atoms with Gasteiger partial charge in [0.1, 0.15) is 17.4 Å². The van der Waals surface area contributed by atoms with Crippen LogP contribution in [0.1, 0.15) is 17.6 Å². The molecule has 2 aromatic carbocycles. The van der Waals surface area contributed by atoms with E-state index in [1.807, 2.05) is 35.0 Å². The van der Waals surface area contributed by atoms with E-state index in [2.05, 4.69) is 20.6 Å². The Labute approximate surface area is 203 Å². The van der Waals surface area contributed by atoms with E-state index in [4.69, 9.17) is 16.3 Å².